The first-order valence-electron chi connectivity index (χ1n) is 7.60. The van der Waals surface area contributed by atoms with Crippen LogP contribution in [-0.4, -0.2) is 37.3 Å². The number of aromatic nitrogens is 3. The predicted octanol–water partition coefficient (Wildman–Crippen LogP) is 2.29. The van der Waals surface area contributed by atoms with Gasteiger partial charge in [0.25, 0.3) is 5.69 Å². The van der Waals surface area contributed by atoms with Crippen molar-refractivity contribution in [3.63, 3.8) is 0 Å². The van der Waals surface area contributed by atoms with E-state index in [1.165, 1.54) is 18.2 Å². The van der Waals surface area contributed by atoms with E-state index in [0.717, 1.165) is 5.56 Å². The number of nitro groups is 1. The molecule has 3 aromatic rings. The van der Waals surface area contributed by atoms with Crippen molar-refractivity contribution in [1.29, 1.82) is 0 Å². The van der Waals surface area contributed by atoms with Gasteiger partial charge in [-0.05, 0) is 18.2 Å². The molecule has 0 fully saturated rings. The van der Waals surface area contributed by atoms with Crippen LogP contribution in [0.4, 0.5) is 5.69 Å². The molecule has 0 saturated carbocycles. The Hall–Kier alpha value is -3.26. The molecule has 8 heteroatoms. The normalized spacial score (nSPS) is 11.9. The average Bonchev–Trinajstić information content (AvgIpc) is 3.09. The lowest BCUT2D eigenvalue weighted by Gasteiger charge is -2.14. The van der Waals surface area contributed by atoms with Crippen LogP contribution in [0, 0.1) is 10.1 Å². The second-order valence-corrected chi connectivity index (χ2v) is 5.36. The number of nitro benzene ring substituents is 1. The third-order valence-corrected chi connectivity index (χ3v) is 3.51. The molecule has 0 aliphatic rings. The summed E-state index contributed by atoms with van der Waals surface area (Å²) in [5.74, 6) is 1.04. The third kappa shape index (κ3) is 4.18. The molecule has 0 radical (unpaired) electrons. The first kappa shape index (κ1) is 16.6. The van der Waals surface area contributed by atoms with E-state index in [4.69, 9.17) is 4.74 Å². The number of aliphatic hydroxyl groups is 1. The molecule has 1 unspecified atom stereocenters. The number of pyridine rings is 1. The summed E-state index contributed by atoms with van der Waals surface area (Å²) in [6.07, 6.45) is 5.99. The fraction of sp³-hybridized carbons (Fsp3) is 0.176. The Labute approximate surface area is 143 Å². The van der Waals surface area contributed by atoms with Crippen LogP contribution in [0.2, 0.25) is 0 Å². The van der Waals surface area contributed by atoms with E-state index in [1.807, 2.05) is 12.1 Å². The zero-order valence-electron chi connectivity index (χ0n) is 13.2. The van der Waals surface area contributed by atoms with Gasteiger partial charge >= 0.3 is 0 Å². The zero-order valence-corrected chi connectivity index (χ0v) is 13.2. The van der Waals surface area contributed by atoms with Crippen LogP contribution in [-0.2, 0) is 6.54 Å². The maximum absolute atomic E-state index is 10.8. The van der Waals surface area contributed by atoms with Crippen molar-refractivity contribution in [2.45, 2.75) is 12.6 Å². The molecule has 0 aliphatic heterocycles. The summed E-state index contributed by atoms with van der Waals surface area (Å²) in [6.45, 7) is 0.283. The predicted molar refractivity (Wildman–Crippen MR) is 90.1 cm³/mol. The molecule has 2 aromatic heterocycles. The summed E-state index contributed by atoms with van der Waals surface area (Å²) >= 11 is 0. The van der Waals surface area contributed by atoms with E-state index in [2.05, 4.69) is 9.97 Å². The fourth-order valence-electron chi connectivity index (χ4n) is 2.37. The topological polar surface area (TPSA) is 103 Å². The SMILES string of the molecule is O=[N+]([O-])c1cccc(OCC(O)Cn2ccnc2-c2cccnc2)c1. The Balaban J connectivity index is 1.62. The molecule has 0 aliphatic carbocycles. The highest BCUT2D eigenvalue weighted by atomic mass is 16.6. The maximum Gasteiger partial charge on any atom is 0.273 e. The van der Waals surface area contributed by atoms with Gasteiger partial charge in [-0.1, -0.05) is 6.07 Å². The first-order chi connectivity index (χ1) is 12.1. The van der Waals surface area contributed by atoms with Crippen molar-refractivity contribution in [3.8, 4) is 17.1 Å². The van der Waals surface area contributed by atoms with Crippen molar-refractivity contribution >= 4 is 5.69 Å². The van der Waals surface area contributed by atoms with Crippen molar-refractivity contribution in [1.82, 2.24) is 14.5 Å². The maximum atomic E-state index is 10.8. The van der Waals surface area contributed by atoms with Crippen molar-refractivity contribution < 1.29 is 14.8 Å². The van der Waals surface area contributed by atoms with Crippen LogP contribution < -0.4 is 4.74 Å². The summed E-state index contributed by atoms with van der Waals surface area (Å²) in [7, 11) is 0. The van der Waals surface area contributed by atoms with Gasteiger partial charge in [0.2, 0.25) is 0 Å². The Bertz CT molecular complexity index is 851. The Morgan fingerprint density at radius 2 is 2.16 bits per heavy atom. The number of hydrogen-bond acceptors (Lipinski definition) is 6. The highest BCUT2D eigenvalue weighted by Gasteiger charge is 2.12. The largest absolute Gasteiger partial charge is 0.491 e. The summed E-state index contributed by atoms with van der Waals surface area (Å²) in [5, 5.41) is 21.0. The number of benzene rings is 1. The van der Waals surface area contributed by atoms with Crippen molar-refractivity contribution in [3.05, 3.63) is 71.3 Å². The molecule has 25 heavy (non-hydrogen) atoms. The number of hydrogen-bond donors (Lipinski definition) is 1. The molecule has 0 amide bonds. The minimum Gasteiger partial charge on any atom is -0.491 e. The number of ether oxygens (including phenoxy) is 1. The van der Waals surface area contributed by atoms with Gasteiger partial charge in [0.05, 0.1) is 17.5 Å². The van der Waals surface area contributed by atoms with Crippen LogP contribution >= 0.6 is 0 Å². The number of imidazole rings is 1. The highest BCUT2D eigenvalue weighted by molar-refractivity contribution is 5.53. The molecule has 128 valence electrons. The summed E-state index contributed by atoms with van der Waals surface area (Å²) in [6, 6.07) is 9.56. The van der Waals surface area contributed by atoms with Gasteiger partial charge < -0.3 is 14.4 Å². The summed E-state index contributed by atoms with van der Waals surface area (Å²) < 4.78 is 7.26. The van der Waals surface area contributed by atoms with Crippen LogP contribution in [0.25, 0.3) is 11.4 Å². The zero-order chi connectivity index (χ0) is 17.6. The number of rotatable bonds is 7. The molecule has 2 heterocycles. The molecule has 0 bridgehead atoms. The first-order valence-corrected chi connectivity index (χ1v) is 7.60. The molecule has 8 nitrogen and oxygen atoms in total. The van der Waals surface area contributed by atoms with E-state index < -0.39 is 11.0 Å². The second kappa shape index (κ2) is 7.54. The standard InChI is InChI=1S/C17H16N4O4/c22-15(12-25-16-5-1-4-14(9-16)21(23)24)11-20-8-7-19-17(20)13-3-2-6-18-10-13/h1-10,15,22H,11-12H2. The molecule has 0 saturated heterocycles. The number of nitrogens with zero attached hydrogens (tertiary/aromatic N) is 4. The molecular weight excluding hydrogens is 324 g/mol. The van der Waals surface area contributed by atoms with E-state index in [0.29, 0.717) is 11.6 Å². The Morgan fingerprint density at radius 3 is 2.92 bits per heavy atom. The van der Waals surface area contributed by atoms with E-state index in [-0.39, 0.29) is 18.8 Å². The van der Waals surface area contributed by atoms with Crippen LogP contribution in [0.5, 0.6) is 5.75 Å². The number of aliphatic hydroxyl groups excluding tert-OH is 1. The minimum absolute atomic E-state index is 0.00578. The van der Waals surface area contributed by atoms with Crippen LogP contribution in [0.1, 0.15) is 0 Å². The van der Waals surface area contributed by atoms with Crippen molar-refractivity contribution in [2.24, 2.45) is 0 Å². The lowest BCUT2D eigenvalue weighted by Crippen LogP contribution is -2.23. The van der Waals surface area contributed by atoms with Gasteiger partial charge in [-0.15, -0.1) is 0 Å². The molecule has 1 N–H and O–H groups in total. The molecule has 0 spiro atoms. The second-order valence-electron chi connectivity index (χ2n) is 5.36. The molecule has 1 aromatic carbocycles. The van der Waals surface area contributed by atoms with Crippen LogP contribution in [0.3, 0.4) is 0 Å². The van der Waals surface area contributed by atoms with Gasteiger partial charge in [-0.3, -0.25) is 15.1 Å². The van der Waals surface area contributed by atoms with E-state index in [1.54, 1.807) is 35.4 Å². The van der Waals surface area contributed by atoms with E-state index >= 15 is 0 Å². The van der Waals surface area contributed by atoms with Gasteiger partial charge in [0.1, 0.15) is 24.3 Å². The summed E-state index contributed by atoms with van der Waals surface area (Å²) in [4.78, 5) is 18.6. The van der Waals surface area contributed by atoms with E-state index in [9.17, 15) is 15.2 Å². The lowest BCUT2D eigenvalue weighted by molar-refractivity contribution is -0.384. The molecule has 3 rings (SSSR count). The smallest absolute Gasteiger partial charge is 0.273 e. The van der Waals surface area contributed by atoms with Gasteiger partial charge in [-0.25, -0.2) is 4.98 Å². The van der Waals surface area contributed by atoms with Gasteiger partial charge in [-0.2, -0.15) is 0 Å². The van der Waals surface area contributed by atoms with Crippen molar-refractivity contribution in [2.75, 3.05) is 6.61 Å². The Kier molecular flexibility index (Phi) is 5.00. The quantitative estimate of drug-likeness (QED) is 0.523. The van der Waals surface area contributed by atoms with Gasteiger partial charge in [0, 0.05) is 36.4 Å². The third-order valence-electron chi connectivity index (χ3n) is 3.51. The van der Waals surface area contributed by atoms with Crippen LogP contribution in [0.15, 0.2) is 61.2 Å². The molecular formula is C17H16N4O4. The number of non-ortho nitro benzene ring substituents is 1. The van der Waals surface area contributed by atoms with Gasteiger partial charge in [0.15, 0.2) is 0 Å². The minimum atomic E-state index is -0.802. The molecule has 1 atom stereocenters. The Morgan fingerprint density at radius 1 is 1.28 bits per heavy atom. The summed E-state index contributed by atoms with van der Waals surface area (Å²) in [5.41, 5.74) is 0.791. The lowest BCUT2D eigenvalue weighted by atomic mass is 10.2. The monoisotopic (exact) mass is 340 g/mol. The fourth-order valence-corrected chi connectivity index (χ4v) is 2.37. The highest BCUT2D eigenvalue weighted by Crippen LogP contribution is 2.20. The average molecular weight is 340 g/mol.